The Bertz CT molecular complexity index is 1690. The SMILES string of the molecule is CC(C)(C)OC(=O)N[C@@H]1CCCCC/C=C\[C@H]2C[C@@]2(C(=O)O)NC(=O)[C@@H]2[C@H]3CN(C(=O)c4cc(-c5ccccc5)ccc4F)C[C@H]3CN2C1=O. The van der Waals surface area contributed by atoms with Crippen LogP contribution in [0, 0.1) is 23.6 Å². The number of rotatable bonds is 4. The summed E-state index contributed by atoms with van der Waals surface area (Å²) in [6.07, 6.45) is 6.53. The molecular weight excluding hydrogens is 643 g/mol. The van der Waals surface area contributed by atoms with Gasteiger partial charge in [-0.25, -0.2) is 14.0 Å². The number of amides is 4. The van der Waals surface area contributed by atoms with Gasteiger partial charge in [0.15, 0.2) is 0 Å². The molecule has 3 N–H and O–H groups in total. The molecule has 0 spiro atoms. The molecule has 0 radical (unpaired) electrons. The number of carbonyl (C=O) groups is 5. The number of carbonyl (C=O) groups excluding carboxylic acids is 4. The molecule has 4 aliphatic rings. The highest BCUT2D eigenvalue weighted by Crippen LogP contribution is 2.46. The maximum absolute atomic E-state index is 15.2. The zero-order valence-corrected chi connectivity index (χ0v) is 28.7. The fourth-order valence-corrected chi connectivity index (χ4v) is 7.66. The second kappa shape index (κ2) is 13.9. The Labute approximate surface area is 291 Å². The number of ether oxygens (including phenoxy) is 1. The molecule has 6 rings (SSSR count). The van der Waals surface area contributed by atoms with Crippen molar-refractivity contribution in [1.29, 1.82) is 0 Å². The normalized spacial score (nSPS) is 29.0. The van der Waals surface area contributed by atoms with Gasteiger partial charge in [-0.05, 0) is 69.7 Å². The molecule has 3 fully saturated rings. The first-order chi connectivity index (χ1) is 23.8. The van der Waals surface area contributed by atoms with Gasteiger partial charge in [-0.15, -0.1) is 0 Å². The van der Waals surface area contributed by atoms with E-state index in [9.17, 15) is 29.1 Å². The molecular formula is C38H45FN4O7. The number of halogens is 1. The third-order valence-corrected chi connectivity index (χ3v) is 10.3. The van der Waals surface area contributed by atoms with Gasteiger partial charge in [-0.3, -0.25) is 14.4 Å². The van der Waals surface area contributed by atoms with Gasteiger partial charge in [-0.2, -0.15) is 0 Å². The number of carboxylic acid groups (broad SMARTS) is 1. The van der Waals surface area contributed by atoms with Crippen molar-refractivity contribution < 1.29 is 38.2 Å². The van der Waals surface area contributed by atoms with Crippen molar-refractivity contribution in [3.05, 3.63) is 72.1 Å². The number of alkyl carbamates (subject to hydrolysis) is 1. The molecule has 266 valence electrons. The molecule has 2 aromatic rings. The Morgan fingerprint density at radius 3 is 2.48 bits per heavy atom. The van der Waals surface area contributed by atoms with Crippen molar-refractivity contribution in [1.82, 2.24) is 20.4 Å². The van der Waals surface area contributed by atoms with Gasteiger partial charge in [-0.1, -0.05) is 61.4 Å². The van der Waals surface area contributed by atoms with E-state index in [0.29, 0.717) is 18.4 Å². The van der Waals surface area contributed by atoms with Crippen LogP contribution in [0.1, 0.15) is 69.7 Å². The molecule has 1 aliphatic carbocycles. The van der Waals surface area contributed by atoms with Crippen LogP contribution in [0.4, 0.5) is 9.18 Å². The highest BCUT2D eigenvalue weighted by molar-refractivity contribution is 5.98. The molecule has 11 nitrogen and oxygen atoms in total. The molecule has 12 heteroatoms. The molecule has 0 unspecified atom stereocenters. The third kappa shape index (κ3) is 7.25. The summed E-state index contributed by atoms with van der Waals surface area (Å²) < 4.78 is 20.6. The number of aliphatic carboxylic acids is 1. The standard InChI is InChI=1S/C38H45FN4O7/c1-37(2,3)50-36(49)40-30-15-11-6-4-5-10-14-26-19-38(26,35(47)48)41-32(44)31-28-22-42(20-25(28)21-43(31)34(30)46)33(45)27-18-24(16-17-29(27)39)23-12-8-7-9-13-23/h7-10,12-14,16-18,25-26,28,30-31H,4-6,11,15,19-22H2,1-3H3,(H,40,49)(H,41,44)(H,47,48)/b14-10-/t25-,26-,28-,30+,31-,38+/m0/s1. The molecule has 1 saturated carbocycles. The summed E-state index contributed by atoms with van der Waals surface area (Å²) in [5.74, 6) is -4.70. The maximum Gasteiger partial charge on any atom is 0.408 e. The highest BCUT2D eigenvalue weighted by Gasteiger charge is 2.62. The Balaban J connectivity index is 1.29. The molecule has 2 aromatic carbocycles. The van der Waals surface area contributed by atoms with Crippen LogP contribution in [0.5, 0.6) is 0 Å². The first-order valence-corrected chi connectivity index (χ1v) is 17.4. The first kappa shape index (κ1) is 35.1. The van der Waals surface area contributed by atoms with E-state index in [2.05, 4.69) is 10.6 Å². The van der Waals surface area contributed by atoms with E-state index >= 15 is 4.39 Å². The lowest BCUT2D eigenvalue weighted by Gasteiger charge is -2.33. The monoisotopic (exact) mass is 688 g/mol. The van der Waals surface area contributed by atoms with E-state index in [1.54, 1.807) is 26.8 Å². The van der Waals surface area contributed by atoms with Crippen molar-refractivity contribution in [2.24, 2.45) is 17.8 Å². The number of hydrogen-bond acceptors (Lipinski definition) is 6. The number of nitrogens with zero attached hydrogens (tertiary/aromatic N) is 2. The molecule has 6 atom stereocenters. The van der Waals surface area contributed by atoms with E-state index < -0.39 is 70.7 Å². The lowest BCUT2D eigenvalue weighted by molar-refractivity contribution is -0.146. The summed E-state index contributed by atoms with van der Waals surface area (Å²) >= 11 is 0. The van der Waals surface area contributed by atoms with Crippen molar-refractivity contribution >= 4 is 29.8 Å². The summed E-state index contributed by atoms with van der Waals surface area (Å²) in [7, 11) is 0. The van der Waals surface area contributed by atoms with Crippen LogP contribution >= 0.6 is 0 Å². The van der Waals surface area contributed by atoms with Gasteiger partial charge in [0.25, 0.3) is 5.91 Å². The van der Waals surface area contributed by atoms with Crippen LogP contribution in [0.3, 0.4) is 0 Å². The summed E-state index contributed by atoms with van der Waals surface area (Å²) in [4.78, 5) is 70.7. The van der Waals surface area contributed by atoms with Gasteiger partial charge in [0.05, 0.1) is 5.56 Å². The second-order valence-corrected chi connectivity index (χ2v) is 15.0. The Kier molecular flexibility index (Phi) is 9.74. The van der Waals surface area contributed by atoms with Crippen molar-refractivity contribution in [2.75, 3.05) is 19.6 Å². The number of fused-ring (bicyclic) bond motifs is 4. The van der Waals surface area contributed by atoms with Crippen LogP contribution in [-0.2, 0) is 19.1 Å². The van der Waals surface area contributed by atoms with Crippen LogP contribution in [0.25, 0.3) is 11.1 Å². The van der Waals surface area contributed by atoms with Gasteiger partial charge in [0.1, 0.15) is 29.0 Å². The van der Waals surface area contributed by atoms with Crippen molar-refractivity contribution in [3.63, 3.8) is 0 Å². The minimum atomic E-state index is -1.50. The molecule has 0 bridgehead atoms. The van der Waals surface area contributed by atoms with Crippen LogP contribution < -0.4 is 10.6 Å². The number of nitrogens with one attached hydrogen (secondary N) is 2. The fourth-order valence-electron chi connectivity index (χ4n) is 7.66. The Morgan fingerprint density at radius 1 is 1.00 bits per heavy atom. The topological polar surface area (TPSA) is 145 Å². The zero-order valence-electron chi connectivity index (χ0n) is 28.7. The van der Waals surface area contributed by atoms with Crippen LogP contribution in [-0.4, -0.2) is 87.5 Å². The number of benzene rings is 2. The van der Waals surface area contributed by atoms with E-state index in [-0.39, 0.29) is 37.5 Å². The largest absolute Gasteiger partial charge is 0.479 e. The predicted octanol–water partition coefficient (Wildman–Crippen LogP) is 4.76. The van der Waals surface area contributed by atoms with Gasteiger partial charge in [0, 0.05) is 37.4 Å². The molecule has 2 saturated heterocycles. The maximum atomic E-state index is 15.2. The van der Waals surface area contributed by atoms with Crippen LogP contribution in [0.15, 0.2) is 60.7 Å². The molecule has 4 amide bonds. The summed E-state index contributed by atoms with van der Waals surface area (Å²) in [5.41, 5.74) is -0.873. The second-order valence-electron chi connectivity index (χ2n) is 15.0. The summed E-state index contributed by atoms with van der Waals surface area (Å²) in [5, 5.41) is 15.7. The molecule has 50 heavy (non-hydrogen) atoms. The predicted molar refractivity (Wildman–Crippen MR) is 182 cm³/mol. The molecule has 0 aromatic heterocycles. The number of allylic oxidation sites excluding steroid dienone is 1. The number of hydrogen-bond donors (Lipinski definition) is 3. The van der Waals surface area contributed by atoms with Crippen LogP contribution in [0.2, 0.25) is 0 Å². The number of carboxylic acids is 1. The smallest absolute Gasteiger partial charge is 0.408 e. The van der Waals surface area contributed by atoms with Gasteiger partial charge >= 0.3 is 12.1 Å². The lowest BCUT2D eigenvalue weighted by atomic mass is 9.93. The quantitative estimate of drug-likeness (QED) is 0.393. The average molecular weight is 689 g/mol. The minimum Gasteiger partial charge on any atom is -0.479 e. The third-order valence-electron chi connectivity index (χ3n) is 10.3. The fraction of sp³-hybridized carbons (Fsp3) is 0.500. The Morgan fingerprint density at radius 2 is 1.76 bits per heavy atom. The lowest BCUT2D eigenvalue weighted by Crippen LogP contribution is -2.58. The molecule has 3 aliphatic heterocycles. The van der Waals surface area contributed by atoms with Gasteiger partial charge in [0.2, 0.25) is 11.8 Å². The first-order valence-electron chi connectivity index (χ1n) is 17.4. The Hall–Kier alpha value is -4.74. The van der Waals surface area contributed by atoms with E-state index in [1.807, 2.05) is 42.5 Å². The van der Waals surface area contributed by atoms with Gasteiger partial charge < -0.3 is 30.3 Å². The van der Waals surface area contributed by atoms with Crippen molar-refractivity contribution in [2.45, 2.75) is 82.5 Å². The number of likely N-dealkylation sites (tertiary alicyclic amines) is 1. The van der Waals surface area contributed by atoms with Crippen molar-refractivity contribution in [3.8, 4) is 11.1 Å². The summed E-state index contributed by atoms with van der Waals surface area (Å²) in [6, 6.07) is 11.6. The zero-order chi connectivity index (χ0) is 35.8. The van der Waals surface area contributed by atoms with E-state index in [1.165, 1.54) is 21.9 Å². The van der Waals surface area contributed by atoms with E-state index in [4.69, 9.17) is 4.74 Å². The average Bonchev–Trinajstić information content (AvgIpc) is 3.41. The summed E-state index contributed by atoms with van der Waals surface area (Å²) in [6.45, 7) is 5.51. The van der Waals surface area contributed by atoms with E-state index in [0.717, 1.165) is 24.8 Å². The highest BCUT2D eigenvalue weighted by atomic mass is 19.1. The molecule has 3 heterocycles. The minimum absolute atomic E-state index is 0.0634.